The Balaban J connectivity index is 1.63. The van der Waals surface area contributed by atoms with E-state index in [4.69, 9.17) is 0 Å². The fourth-order valence-corrected chi connectivity index (χ4v) is 1.80. The largest absolute Gasteiger partial charge is 0.417 e. The smallest absolute Gasteiger partial charge is 0.370 e. The Morgan fingerprint density at radius 3 is 2.57 bits per heavy atom. The molecule has 2 heterocycles. The van der Waals surface area contributed by atoms with Gasteiger partial charge in [-0.2, -0.15) is 13.2 Å². The molecule has 2 rings (SSSR count). The van der Waals surface area contributed by atoms with E-state index in [-0.39, 0.29) is 6.03 Å². The Hall–Kier alpha value is -1.99. The number of halogens is 3. The lowest BCUT2D eigenvalue weighted by Crippen LogP contribution is -2.48. The molecule has 5 nitrogen and oxygen atoms in total. The predicted molar refractivity (Wildman–Crippen MR) is 71.9 cm³/mol. The van der Waals surface area contributed by atoms with Crippen LogP contribution in [0.5, 0.6) is 0 Å². The minimum absolute atomic E-state index is 0.0612. The van der Waals surface area contributed by atoms with Crippen LogP contribution in [0.3, 0.4) is 0 Å². The van der Waals surface area contributed by atoms with Crippen LogP contribution < -0.4 is 10.6 Å². The lowest BCUT2D eigenvalue weighted by atomic mass is 10.2. The van der Waals surface area contributed by atoms with Gasteiger partial charge in [0, 0.05) is 32.4 Å². The van der Waals surface area contributed by atoms with Crippen LogP contribution in [0, 0.1) is 0 Å². The number of amides is 2. The second-order valence-electron chi connectivity index (χ2n) is 4.78. The molecular formula is C13H17F3N4O. The van der Waals surface area contributed by atoms with E-state index in [2.05, 4.69) is 15.6 Å². The summed E-state index contributed by atoms with van der Waals surface area (Å²) >= 11 is 0. The quantitative estimate of drug-likeness (QED) is 0.821. The van der Waals surface area contributed by atoms with Gasteiger partial charge in [-0.25, -0.2) is 9.78 Å². The van der Waals surface area contributed by atoms with E-state index in [1.165, 1.54) is 6.07 Å². The highest BCUT2D eigenvalue weighted by atomic mass is 19.4. The minimum Gasteiger partial charge on any atom is -0.370 e. The predicted octanol–water partition coefficient (Wildman–Crippen LogP) is 2.32. The van der Waals surface area contributed by atoms with E-state index in [9.17, 15) is 18.0 Å². The van der Waals surface area contributed by atoms with Crippen molar-refractivity contribution in [3.05, 3.63) is 23.9 Å². The van der Waals surface area contributed by atoms with Crippen molar-refractivity contribution in [3.63, 3.8) is 0 Å². The molecule has 1 saturated heterocycles. The molecule has 116 valence electrons. The van der Waals surface area contributed by atoms with Gasteiger partial charge in [0.25, 0.3) is 0 Å². The summed E-state index contributed by atoms with van der Waals surface area (Å²) in [6.07, 6.45) is -1.85. The number of aromatic nitrogens is 1. The van der Waals surface area contributed by atoms with E-state index >= 15 is 0 Å². The zero-order valence-corrected chi connectivity index (χ0v) is 11.4. The van der Waals surface area contributed by atoms with Crippen molar-refractivity contribution in [2.24, 2.45) is 0 Å². The number of nitrogens with zero attached hydrogens (tertiary/aromatic N) is 2. The first-order valence-corrected chi connectivity index (χ1v) is 6.77. The summed E-state index contributed by atoms with van der Waals surface area (Å²) in [4.78, 5) is 16.9. The normalized spacial score (nSPS) is 14.5. The van der Waals surface area contributed by atoms with Gasteiger partial charge >= 0.3 is 12.2 Å². The molecule has 1 aliphatic rings. The molecule has 0 aromatic carbocycles. The van der Waals surface area contributed by atoms with Crippen molar-refractivity contribution in [2.75, 3.05) is 31.5 Å². The third kappa shape index (κ3) is 4.51. The van der Waals surface area contributed by atoms with E-state index in [1.54, 1.807) is 4.90 Å². The van der Waals surface area contributed by atoms with Crippen LogP contribution in [0.2, 0.25) is 0 Å². The lowest BCUT2D eigenvalue weighted by Gasteiger charge is -2.30. The molecule has 1 aromatic heterocycles. The van der Waals surface area contributed by atoms with E-state index in [0.717, 1.165) is 31.8 Å². The Bertz CT molecular complexity index is 471. The van der Waals surface area contributed by atoms with Gasteiger partial charge in [0.05, 0.1) is 5.56 Å². The second-order valence-corrected chi connectivity index (χ2v) is 4.78. The van der Waals surface area contributed by atoms with Crippen molar-refractivity contribution in [1.82, 2.24) is 15.2 Å². The lowest BCUT2D eigenvalue weighted by molar-refractivity contribution is -0.137. The Labute approximate surface area is 120 Å². The highest BCUT2D eigenvalue weighted by Crippen LogP contribution is 2.28. The number of rotatable bonds is 5. The fraction of sp³-hybridized carbons (Fsp3) is 0.538. The van der Waals surface area contributed by atoms with Crippen LogP contribution in [0.15, 0.2) is 18.3 Å². The van der Waals surface area contributed by atoms with Gasteiger partial charge in [-0.15, -0.1) is 0 Å². The third-order valence-corrected chi connectivity index (χ3v) is 3.17. The SMILES string of the molecule is O=C(NCCCNc1ccc(C(F)(F)F)cn1)N1CCC1. The summed E-state index contributed by atoms with van der Waals surface area (Å²) in [5, 5.41) is 5.69. The Morgan fingerprint density at radius 2 is 2.05 bits per heavy atom. The monoisotopic (exact) mass is 302 g/mol. The number of urea groups is 1. The number of hydrogen-bond donors (Lipinski definition) is 2. The molecule has 2 N–H and O–H groups in total. The number of carbonyl (C=O) groups is 1. The Kier molecular flexibility index (Phi) is 4.87. The molecule has 1 aromatic rings. The van der Waals surface area contributed by atoms with Gasteiger partial charge in [0.2, 0.25) is 0 Å². The molecule has 0 spiro atoms. The summed E-state index contributed by atoms with van der Waals surface area (Å²) in [5.41, 5.74) is -0.769. The highest BCUT2D eigenvalue weighted by Gasteiger charge is 2.30. The fourth-order valence-electron chi connectivity index (χ4n) is 1.80. The maximum absolute atomic E-state index is 12.3. The highest BCUT2D eigenvalue weighted by molar-refractivity contribution is 5.74. The number of hydrogen-bond acceptors (Lipinski definition) is 3. The van der Waals surface area contributed by atoms with Crippen molar-refractivity contribution in [2.45, 2.75) is 19.0 Å². The van der Waals surface area contributed by atoms with E-state index < -0.39 is 11.7 Å². The first-order valence-electron chi connectivity index (χ1n) is 6.77. The Morgan fingerprint density at radius 1 is 1.29 bits per heavy atom. The zero-order chi connectivity index (χ0) is 15.3. The number of carbonyl (C=O) groups excluding carboxylic acids is 1. The van der Waals surface area contributed by atoms with Gasteiger partial charge in [-0.1, -0.05) is 0 Å². The molecular weight excluding hydrogens is 285 g/mol. The molecule has 0 unspecified atom stereocenters. The number of alkyl halides is 3. The van der Waals surface area contributed by atoms with Crippen molar-refractivity contribution < 1.29 is 18.0 Å². The summed E-state index contributed by atoms with van der Waals surface area (Å²) in [6.45, 7) is 2.65. The molecule has 2 amide bonds. The van der Waals surface area contributed by atoms with Crippen LogP contribution in [0.4, 0.5) is 23.8 Å². The van der Waals surface area contributed by atoms with E-state index in [0.29, 0.717) is 25.3 Å². The minimum atomic E-state index is -4.37. The average Bonchev–Trinajstić information content (AvgIpc) is 2.36. The van der Waals surface area contributed by atoms with Gasteiger partial charge < -0.3 is 15.5 Å². The van der Waals surface area contributed by atoms with Crippen LogP contribution in [-0.2, 0) is 6.18 Å². The number of likely N-dealkylation sites (tertiary alicyclic amines) is 1. The summed E-state index contributed by atoms with van der Waals surface area (Å²) in [7, 11) is 0. The van der Waals surface area contributed by atoms with Crippen LogP contribution in [-0.4, -0.2) is 42.1 Å². The standard InChI is InChI=1S/C13H17F3N4O/c14-13(15,16)10-3-4-11(19-9-10)17-5-1-6-18-12(21)20-7-2-8-20/h3-4,9H,1-2,5-8H2,(H,17,19)(H,18,21). The van der Waals surface area contributed by atoms with Crippen molar-refractivity contribution in [3.8, 4) is 0 Å². The van der Waals surface area contributed by atoms with Crippen molar-refractivity contribution in [1.29, 1.82) is 0 Å². The molecule has 0 radical (unpaired) electrons. The molecule has 21 heavy (non-hydrogen) atoms. The van der Waals surface area contributed by atoms with E-state index in [1.807, 2.05) is 0 Å². The van der Waals surface area contributed by atoms with Gasteiger partial charge in [-0.3, -0.25) is 0 Å². The summed E-state index contributed by atoms with van der Waals surface area (Å²) in [5.74, 6) is 0.386. The first-order chi connectivity index (χ1) is 9.97. The topological polar surface area (TPSA) is 57.3 Å². The maximum Gasteiger partial charge on any atom is 0.417 e. The summed E-state index contributed by atoms with van der Waals surface area (Å²) in [6, 6.07) is 2.22. The van der Waals surface area contributed by atoms with Gasteiger partial charge in [0.15, 0.2) is 0 Å². The van der Waals surface area contributed by atoms with Gasteiger partial charge in [-0.05, 0) is 25.0 Å². The molecule has 0 bridgehead atoms. The molecule has 1 aliphatic heterocycles. The molecule has 0 atom stereocenters. The number of anilines is 1. The van der Waals surface area contributed by atoms with Crippen LogP contribution in [0.1, 0.15) is 18.4 Å². The number of nitrogens with one attached hydrogen (secondary N) is 2. The third-order valence-electron chi connectivity index (χ3n) is 3.17. The molecule has 8 heteroatoms. The van der Waals surface area contributed by atoms with Gasteiger partial charge in [0.1, 0.15) is 5.82 Å². The van der Waals surface area contributed by atoms with Crippen molar-refractivity contribution >= 4 is 11.8 Å². The summed E-state index contributed by atoms with van der Waals surface area (Å²) < 4.78 is 37.0. The zero-order valence-electron chi connectivity index (χ0n) is 11.4. The first kappa shape index (κ1) is 15.4. The maximum atomic E-state index is 12.3. The molecule has 0 aliphatic carbocycles. The molecule has 1 fully saturated rings. The molecule has 0 saturated carbocycles. The average molecular weight is 302 g/mol. The van der Waals surface area contributed by atoms with Crippen LogP contribution in [0.25, 0.3) is 0 Å². The second kappa shape index (κ2) is 6.64. The number of pyridine rings is 1. The van der Waals surface area contributed by atoms with Crippen LogP contribution >= 0.6 is 0 Å².